The number of rotatable bonds is 14. The van der Waals surface area contributed by atoms with E-state index in [0.717, 1.165) is 77.0 Å². The normalized spacial score (nSPS) is 18.6. The summed E-state index contributed by atoms with van der Waals surface area (Å²) in [7, 11) is 0. The second-order valence-electron chi connectivity index (χ2n) is 8.54. The van der Waals surface area contributed by atoms with E-state index >= 15 is 0 Å². The first-order valence-corrected chi connectivity index (χ1v) is 11.4. The van der Waals surface area contributed by atoms with Gasteiger partial charge >= 0.3 is 11.9 Å². The number of carboxylic acid groups (broad SMARTS) is 1. The summed E-state index contributed by atoms with van der Waals surface area (Å²) in [6.45, 7) is 6.50. The Balaban J connectivity index is 2.96. The van der Waals surface area contributed by atoms with Gasteiger partial charge in [0.1, 0.15) is 5.60 Å². The number of esters is 1. The van der Waals surface area contributed by atoms with E-state index in [1.807, 2.05) is 0 Å². The molecule has 0 radical (unpaired) electrons. The van der Waals surface area contributed by atoms with Crippen LogP contribution in [0.4, 0.5) is 0 Å². The summed E-state index contributed by atoms with van der Waals surface area (Å²) in [5.74, 6) is -1.45. The van der Waals surface area contributed by atoms with Gasteiger partial charge in [0.15, 0.2) is 5.41 Å². The summed E-state index contributed by atoms with van der Waals surface area (Å²) in [5, 5.41) is 9.85. The van der Waals surface area contributed by atoms with E-state index < -0.39 is 23.0 Å². The molecule has 27 heavy (non-hydrogen) atoms. The molecule has 0 aliphatic heterocycles. The minimum Gasteiger partial charge on any atom is -0.480 e. The molecule has 1 atom stereocenters. The lowest BCUT2D eigenvalue weighted by atomic mass is 9.73. The van der Waals surface area contributed by atoms with E-state index in [-0.39, 0.29) is 0 Å². The first-order valence-electron chi connectivity index (χ1n) is 11.4. The molecule has 0 aromatic heterocycles. The van der Waals surface area contributed by atoms with Crippen LogP contribution in [0.3, 0.4) is 0 Å². The summed E-state index contributed by atoms with van der Waals surface area (Å²) in [6.07, 6.45) is 14.9. The third-order valence-corrected chi connectivity index (χ3v) is 6.24. The molecule has 1 unspecified atom stereocenters. The Morgan fingerprint density at radius 1 is 0.815 bits per heavy atom. The van der Waals surface area contributed by atoms with Crippen LogP contribution in [-0.4, -0.2) is 22.6 Å². The van der Waals surface area contributed by atoms with Crippen LogP contribution in [0.2, 0.25) is 0 Å². The third-order valence-electron chi connectivity index (χ3n) is 6.24. The molecule has 1 aliphatic rings. The van der Waals surface area contributed by atoms with Gasteiger partial charge in [0.05, 0.1) is 0 Å². The van der Waals surface area contributed by atoms with Crippen molar-refractivity contribution in [2.45, 2.75) is 129 Å². The van der Waals surface area contributed by atoms with Gasteiger partial charge in [-0.25, -0.2) is 0 Å². The number of aliphatic carboxylic acids is 1. The molecular formula is C23H42O4. The number of hydrogen-bond donors (Lipinski definition) is 1. The Kier molecular flexibility index (Phi) is 11.0. The fourth-order valence-corrected chi connectivity index (χ4v) is 4.51. The van der Waals surface area contributed by atoms with Gasteiger partial charge in [-0.05, 0) is 44.9 Å². The van der Waals surface area contributed by atoms with Crippen molar-refractivity contribution in [1.82, 2.24) is 0 Å². The molecule has 0 bridgehead atoms. The van der Waals surface area contributed by atoms with Crippen LogP contribution in [-0.2, 0) is 14.3 Å². The Labute approximate surface area is 166 Å². The van der Waals surface area contributed by atoms with Gasteiger partial charge in [0.25, 0.3) is 0 Å². The highest BCUT2D eigenvalue weighted by molar-refractivity contribution is 5.99. The predicted molar refractivity (Wildman–Crippen MR) is 110 cm³/mol. The molecule has 0 amide bonds. The molecule has 4 heteroatoms. The minimum absolute atomic E-state index is 0.425. The third kappa shape index (κ3) is 7.12. The maximum Gasteiger partial charge on any atom is 0.324 e. The second kappa shape index (κ2) is 12.4. The lowest BCUT2D eigenvalue weighted by Crippen LogP contribution is -2.47. The molecular weight excluding hydrogens is 340 g/mol. The van der Waals surface area contributed by atoms with Gasteiger partial charge in [-0.15, -0.1) is 0 Å². The second-order valence-corrected chi connectivity index (χ2v) is 8.54. The van der Waals surface area contributed by atoms with Crippen molar-refractivity contribution in [3.8, 4) is 0 Å². The van der Waals surface area contributed by atoms with Gasteiger partial charge in [-0.1, -0.05) is 78.6 Å². The Morgan fingerprint density at radius 3 is 1.89 bits per heavy atom. The predicted octanol–water partition coefficient (Wildman–Crippen LogP) is 6.65. The zero-order chi connectivity index (χ0) is 20.2. The Hall–Kier alpha value is -1.06. The first-order chi connectivity index (χ1) is 13.0. The van der Waals surface area contributed by atoms with E-state index in [0.29, 0.717) is 12.8 Å². The summed E-state index contributed by atoms with van der Waals surface area (Å²) in [6, 6.07) is 0. The Morgan fingerprint density at radius 2 is 1.37 bits per heavy atom. The van der Waals surface area contributed by atoms with E-state index in [1.165, 1.54) is 12.8 Å². The highest BCUT2D eigenvalue weighted by atomic mass is 16.6. The molecule has 1 aliphatic carbocycles. The topological polar surface area (TPSA) is 63.6 Å². The number of carbonyl (C=O) groups is 2. The quantitative estimate of drug-likeness (QED) is 0.207. The highest BCUT2D eigenvalue weighted by Gasteiger charge is 2.50. The standard InChI is InChI=1S/C23H42O4/c1-4-7-9-12-17-22(15-6-3,16-11-8-5-2)27-21(26)23(20(24)25)18-13-10-14-19-23/h4-19H2,1-3H3,(H,24,25). The van der Waals surface area contributed by atoms with Crippen LogP contribution in [0.15, 0.2) is 0 Å². The highest BCUT2D eigenvalue weighted by Crippen LogP contribution is 2.41. The SMILES string of the molecule is CCCCCCC(CCC)(CCCCC)OC(=O)C1(C(=O)O)CCCCC1. The summed E-state index contributed by atoms with van der Waals surface area (Å²) in [4.78, 5) is 25.2. The van der Waals surface area contributed by atoms with Crippen LogP contribution in [0.1, 0.15) is 124 Å². The van der Waals surface area contributed by atoms with Crippen molar-refractivity contribution in [2.24, 2.45) is 5.41 Å². The van der Waals surface area contributed by atoms with Crippen molar-refractivity contribution in [1.29, 1.82) is 0 Å². The van der Waals surface area contributed by atoms with Crippen molar-refractivity contribution in [3.05, 3.63) is 0 Å². The molecule has 0 heterocycles. The number of unbranched alkanes of at least 4 members (excludes halogenated alkanes) is 5. The molecule has 1 fully saturated rings. The average Bonchev–Trinajstić information content (AvgIpc) is 2.66. The van der Waals surface area contributed by atoms with Crippen LogP contribution >= 0.6 is 0 Å². The van der Waals surface area contributed by atoms with Crippen LogP contribution < -0.4 is 0 Å². The zero-order valence-corrected chi connectivity index (χ0v) is 18.0. The molecule has 4 nitrogen and oxygen atoms in total. The van der Waals surface area contributed by atoms with E-state index in [4.69, 9.17) is 4.74 Å². The largest absolute Gasteiger partial charge is 0.480 e. The average molecular weight is 383 g/mol. The molecule has 1 rings (SSSR count). The summed E-state index contributed by atoms with van der Waals surface area (Å²) < 4.78 is 6.19. The van der Waals surface area contributed by atoms with Crippen molar-refractivity contribution in [2.75, 3.05) is 0 Å². The van der Waals surface area contributed by atoms with Gasteiger partial charge in [-0.2, -0.15) is 0 Å². The first kappa shape index (κ1) is 24.0. The fourth-order valence-electron chi connectivity index (χ4n) is 4.51. The molecule has 0 aromatic rings. The lowest BCUT2D eigenvalue weighted by molar-refractivity contribution is -0.185. The molecule has 1 saturated carbocycles. The van der Waals surface area contributed by atoms with Crippen molar-refractivity contribution < 1.29 is 19.4 Å². The van der Waals surface area contributed by atoms with Crippen LogP contribution in [0, 0.1) is 5.41 Å². The maximum absolute atomic E-state index is 13.2. The van der Waals surface area contributed by atoms with Gasteiger partial charge in [0.2, 0.25) is 0 Å². The fraction of sp³-hybridized carbons (Fsp3) is 0.913. The van der Waals surface area contributed by atoms with Crippen molar-refractivity contribution in [3.63, 3.8) is 0 Å². The minimum atomic E-state index is -1.31. The number of carbonyl (C=O) groups excluding carboxylic acids is 1. The molecule has 0 aromatic carbocycles. The number of carboxylic acids is 1. The monoisotopic (exact) mass is 382 g/mol. The number of ether oxygens (including phenoxy) is 1. The maximum atomic E-state index is 13.2. The smallest absolute Gasteiger partial charge is 0.324 e. The molecule has 1 N–H and O–H groups in total. The van der Waals surface area contributed by atoms with E-state index in [1.54, 1.807) is 0 Å². The van der Waals surface area contributed by atoms with E-state index in [2.05, 4.69) is 20.8 Å². The molecule has 0 saturated heterocycles. The number of hydrogen-bond acceptors (Lipinski definition) is 3. The van der Waals surface area contributed by atoms with E-state index in [9.17, 15) is 14.7 Å². The Bertz CT molecular complexity index is 440. The van der Waals surface area contributed by atoms with Crippen LogP contribution in [0.5, 0.6) is 0 Å². The van der Waals surface area contributed by atoms with Gasteiger partial charge < -0.3 is 9.84 Å². The van der Waals surface area contributed by atoms with Crippen LogP contribution in [0.25, 0.3) is 0 Å². The van der Waals surface area contributed by atoms with Gasteiger partial charge in [0, 0.05) is 0 Å². The zero-order valence-electron chi connectivity index (χ0n) is 18.0. The summed E-state index contributed by atoms with van der Waals surface area (Å²) in [5.41, 5.74) is -1.79. The van der Waals surface area contributed by atoms with Gasteiger partial charge in [-0.3, -0.25) is 9.59 Å². The lowest BCUT2D eigenvalue weighted by Gasteiger charge is -2.39. The molecule has 0 spiro atoms. The van der Waals surface area contributed by atoms with Crippen molar-refractivity contribution >= 4 is 11.9 Å². The molecule has 158 valence electrons. The summed E-state index contributed by atoms with van der Waals surface area (Å²) >= 11 is 0.